The molecule has 1 heterocycles. The Kier molecular flexibility index (Phi) is 1.58. The maximum atomic E-state index is 13.1. The number of nitrogens with two attached hydrogens (primary N) is 1. The van der Waals surface area contributed by atoms with Gasteiger partial charge in [0.1, 0.15) is 11.6 Å². The summed E-state index contributed by atoms with van der Waals surface area (Å²) in [6.07, 6.45) is -0.949. The maximum absolute atomic E-state index is 13.1. The van der Waals surface area contributed by atoms with Gasteiger partial charge in [0.2, 0.25) is 0 Å². The van der Waals surface area contributed by atoms with Crippen molar-refractivity contribution in [1.29, 1.82) is 0 Å². The number of rotatable bonds is 0. The highest BCUT2D eigenvalue weighted by Gasteiger charge is 2.08. The molecule has 0 fully saturated rings. The average molecular weight is 181 g/mol. The van der Waals surface area contributed by atoms with E-state index in [2.05, 4.69) is 9.97 Å². The van der Waals surface area contributed by atoms with Crippen LogP contribution in [0.25, 0.3) is 10.9 Å². The van der Waals surface area contributed by atoms with Gasteiger partial charge >= 0.3 is 6.08 Å². The van der Waals surface area contributed by atoms with Gasteiger partial charge < -0.3 is 5.73 Å². The highest BCUT2D eigenvalue weighted by Crippen LogP contribution is 2.20. The van der Waals surface area contributed by atoms with Crippen LogP contribution in [0.1, 0.15) is 0 Å². The molecule has 0 radical (unpaired) electrons. The van der Waals surface area contributed by atoms with Crippen molar-refractivity contribution in [1.82, 2.24) is 9.97 Å². The molecule has 1 aromatic carbocycles. The Bertz CT molecular complexity index is 470. The van der Waals surface area contributed by atoms with Crippen LogP contribution in [0, 0.1) is 11.9 Å². The van der Waals surface area contributed by atoms with Gasteiger partial charge in [0.15, 0.2) is 0 Å². The second-order valence-electron chi connectivity index (χ2n) is 2.51. The van der Waals surface area contributed by atoms with Gasteiger partial charge in [-0.05, 0) is 12.1 Å². The van der Waals surface area contributed by atoms with Gasteiger partial charge in [0.25, 0.3) is 0 Å². The molecular formula is C8H5F2N3. The van der Waals surface area contributed by atoms with E-state index in [1.165, 1.54) is 18.2 Å². The van der Waals surface area contributed by atoms with Crippen molar-refractivity contribution in [3.8, 4) is 0 Å². The first-order chi connectivity index (χ1) is 6.18. The van der Waals surface area contributed by atoms with Gasteiger partial charge in [-0.2, -0.15) is 9.37 Å². The van der Waals surface area contributed by atoms with Crippen LogP contribution < -0.4 is 5.73 Å². The normalized spacial score (nSPS) is 10.6. The number of benzene rings is 1. The predicted molar refractivity (Wildman–Crippen MR) is 43.9 cm³/mol. The average Bonchev–Trinajstić information content (AvgIpc) is 2.02. The summed E-state index contributed by atoms with van der Waals surface area (Å²) in [5, 5.41) is 0.0592. The Labute approximate surface area is 72.2 Å². The summed E-state index contributed by atoms with van der Waals surface area (Å²) in [5.41, 5.74) is 5.50. The Morgan fingerprint density at radius 3 is 2.69 bits per heavy atom. The van der Waals surface area contributed by atoms with Crippen molar-refractivity contribution < 1.29 is 8.78 Å². The van der Waals surface area contributed by atoms with E-state index in [1.54, 1.807) is 0 Å². The fourth-order valence-corrected chi connectivity index (χ4v) is 1.14. The topological polar surface area (TPSA) is 51.8 Å². The Morgan fingerprint density at radius 1 is 1.15 bits per heavy atom. The maximum Gasteiger partial charge on any atom is 0.311 e. The molecule has 0 unspecified atom stereocenters. The molecule has 0 atom stereocenters. The summed E-state index contributed by atoms with van der Waals surface area (Å²) >= 11 is 0. The zero-order chi connectivity index (χ0) is 9.42. The van der Waals surface area contributed by atoms with Crippen LogP contribution in [0.15, 0.2) is 18.2 Å². The molecule has 2 N–H and O–H groups in total. The van der Waals surface area contributed by atoms with E-state index >= 15 is 0 Å². The van der Waals surface area contributed by atoms with Crippen LogP contribution in [-0.2, 0) is 0 Å². The number of fused-ring (bicyclic) bond motifs is 1. The molecule has 2 aromatic rings. The molecule has 0 amide bonds. The lowest BCUT2D eigenvalue weighted by Gasteiger charge is -2.00. The quantitative estimate of drug-likeness (QED) is 0.626. The van der Waals surface area contributed by atoms with Gasteiger partial charge in [-0.3, -0.25) is 0 Å². The van der Waals surface area contributed by atoms with E-state index in [0.717, 1.165) is 0 Å². The first-order valence-corrected chi connectivity index (χ1v) is 3.56. The molecule has 5 heteroatoms. The SMILES string of the molecule is Nc1nc(F)nc2cccc(F)c12. The van der Waals surface area contributed by atoms with Crippen molar-refractivity contribution in [2.75, 3.05) is 5.73 Å². The molecule has 13 heavy (non-hydrogen) atoms. The second kappa shape index (κ2) is 2.62. The molecule has 0 bridgehead atoms. The monoisotopic (exact) mass is 181 g/mol. The number of anilines is 1. The minimum atomic E-state index is -0.949. The van der Waals surface area contributed by atoms with Crippen LogP contribution in [0.4, 0.5) is 14.6 Å². The van der Waals surface area contributed by atoms with Gasteiger partial charge in [-0.25, -0.2) is 9.37 Å². The number of halogens is 2. The third kappa shape index (κ3) is 1.18. The molecule has 2 rings (SSSR count). The summed E-state index contributed by atoms with van der Waals surface area (Å²) in [6, 6.07) is 4.13. The summed E-state index contributed by atoms with van der Waals surface area (Å²) in [6.45, 7) is 0. The summed E-state index contributed by atoms with van der Waals surface area (Å²) in [4.78, 5) is 6.62. The lowest BCUT2D eigenvalue weighted by Crippen LogP contribution is -1.99. The van der Waals surface area contributed by atoms with Crippen LogP contribution in [0.3, 0.4) is 0 Å². The zero-order valence-electron chi connectivity index (χ0n) is 6.46. The van der Waals surface area contributed by atoms with Crippen molar-refractivity contribution in [3.05, 3.63) is 30.1 Å². The van der Waals surface area contributed by atoms with E-state index < -0.39 is 11.9 Å². The second-order valence-corrected chi connectivity index (χ2v) is 2.51. The van der Waals surface area contributed by atoms with Crippen molar-refractivity contribution >= 4 is 16.7 Å². The Balaban J connectivity index is 2.94. The van der Waals surface area contributed by atoms with Crippen LogP contribution in [-0.4, -0.2) is 9.97 Å². The zero-order valence-corrected chi connectivity index (χ0v) is 6.46. The number of nitrogens with zero attached hydrogens (tertiary/aromatic N) is 2. The van der Waals surface area contributed by atoms with Crippen molar-refractivity contribution in [2.24, 2.45) is 0 Å². The highest BCUT2D eigenvalue weighted by atomic mass is 19.1. The molecule has 0 spiro atoms. The van der Waals surface area contributed by atoms with Gasteiger partial charge in [0, 0.05) is 0 Å². The van der Waals surface area contributed by atoms with E-state index in [9.17, 15) is 8.78 Å². The number of aromatic nitrogens is 2. The molecule has 3 nitrogen and oxygen atoms in total. The molecular weight excluding hydrogens is 176 g/mol. The van der Waals surface area contributed by atoms with Crippen LogP contribution in [0.2, 0.25) is 0 Å². The lowest BCUT2D eigenvalue weighted by atomic mass is 10.2. The summed E-state index contributed by atoms with van der Waals surface area (Å²) in [5.74, 6) is -0.726. The third-order valence-corrected chi connectivity index (χ3v) is 1.67. The molecule has 0 saturated carbocycles. The van der Waals surface area contributed by atoms with Gasteiger partial charge in [0.05, 0.1) is 10.9 Å². The highest BCUT2D eigenvalue weighted by molar-refractivity contribution is 5.88. The molecule has 1 aromatic heterocycles. The molecule has 66 valence electrons. The van der Waals surface area contributed by atoms with Crippen molar-refractivity contribution in [3.63, 3.8) is 0 Å². The molecule has 0 aliphatic carbocycles. The van der Waals surface area contributed by atoms with E-state index in [-0.39, 0.29) is 16.7 Å². The number of nitrogen functional groups attached to an aromatic ring is 1. The lowest BCUT2D eigenvalue weighted by molar-refractivity contribution is 0.545. The largest absolute Gasteiger partial charge is 0.383 e. The smallest absolute Gasteiger partial charge is 0.311 e. The molecule has 0 aliphatic rings. The van der Waals surface area contributed by atoms with Crippen molar-refractivity contribution in [2.45, 2.75) is 0 Å². The minimum Gasteiger partial charge on any atom is -0.383 e. The molecule has 0 saturated heterocycles. The van der Waals surface area contributed by atoms with Crippen LogP contribution >= 0.6 is 0 Å². The van der Waals surface area contributed by atoms with E-state index in [1.807, 2.05) is 0 Å². The molecule has 0 aliphatic heterocycles. The summed E-state index contributed by atoms with van der Waals surface area (Å²) < 4.78 is 25.7. The van der Waals surface area contributed by atoms with E-state index in [0.29, 0.717) is 0 Å². The fourth-order valence-electron chi connectivity index (χ4n) is 1.14. The van der Waals surface area contributed by atoms with Gasteiger partial charge in [-0.15, -0.1) is 0 Å². The first kappa shape index (κ1) is 7.85. The Morgan fingerprint density at radius 2 is 1.92 bits per heavy atom. The standard InChI is InChI=1S/C8H5F2N3/c9-4-2-1-3-5-6(4)7(11)13-8(10)12-5/h1-3H,(H2,11,12,13). The van der Waals surface area contributed by atoms with Gasteiger partial charge in [-0.1, -0.05) is 6.07 Å². The Hall–Kier alpha value is -1.78. The third-order valence-electron chi connectivity index (χ3n) is 1.67. The first-order valence-electron chi connectivity index (χ1n) is 3.56. The minimum absolute atomic E-state index is 0.0592. The number of hydrogen-bond acceptors (Lipinski definition) is 3. The fraction of sp³-hybridized carbons (Fsp3) is 0. The van der Waals surface area contributed by atoms with E-state index in [4.69, 9.17) is 5.73 Å². The number of hydrogen-bond donors (Lipinski definition) is 1. The summed E-state index contributed by atoms with van der Waals surface area (Å²) in [7, 11) is 0. The van der Waals surface area contributed by atoms with Crippen LogP contribution in [0.5, 0.6) is 0 Å². The predicted octanol–water partition coefficient (Wildman–Crippen LogP) is 1.49.